The van der Waals surface area contributed by atoms with Crippen LogP contribution in [0.2, 0.25) is 10.0 Å². The van der Waals surface area contributed by atoms with E-state index in [9.17, 15) is 27.2 Å². The van der Waals surface area contributed by atoms with Crippen LogP contribution in [0, 0.1) is 5.82 Å². The molecular weight excluding hydrogens is 609 g/mol. The van der Waals surface area contributed by atoms with E-state index in [0.717, 1.165) is 12.1 Å². The number of hydrogen-bond acceptors (Lipinski definition) is 4. The maximum absolute atomic E-state index is 14.1. The topological polar surface area (TPSA) is 70.7 Å². The van der Waals surface area contributed by atoms with Crippen LogP contribution in [0.5, 0.6) is 0 Å². The number of rotatable bonds is 7. The van der Waals surface area contributed by atoms with E-state index in [2.05, 4.69) is 15.5 Å². The molecule has 1 spiro atoms. The second-order valence-electron chi connectivity index (χ2n) is 11.0. The highest BCUT2D eigenvalue weighted by Crippen LogP contribution is 2.44. The van der Waals surface area contributed by atoms with Crippen molar-refractivity contribution in [3.05, 3.63) is 98.8 Å². The summed E-state index contributed by atoms with van der Waals surface area (Å²) in [4.78, 5) is 28.0. The molecule has 5 rings (SSSR count). The molecule has 2 N–H and O–H groups in total. The Morgan fingerprint density at radius 2 is 1.81 bits per heavy atom. The van der Waals surface area contributed by atoms with Gasteiger partial charge in [-0.05, 0) is 66.9 Å². The van der Waals surface area contributed by atoms with E-state index < -0.39 is 35.2 Å². The summed E-state index contributed by atoms with van der Waals surface area (Å²) < 4.78 is 59.4. The van der Waals surface area contributed by atoms with Crippen LogP contribution >= 0.6 is 23.2 Å². The number of halogens is 6. The minimum atomic E-state index is -4.49. The minimum Gasteiger partial charge on any atom is -0.438 e. The number of nitrogens with zero attached hydrogens (tertiary/aromatic N) is 1. The van der Waals surface area contributed by atoms with Gasteiger partial charge in [0.05, 0.1) is 27.2 Å². The molecule has 2 amide bonds. The number of fused-ring (bicyclic) bond motifs is 2. The molecule has 0 aliphatic carbocycles. The summed E-state index contributed by atoms with van der Waals surface area (Å²) in [6.45, 7) is 2.93. The molecular formula is C31H29Cl2F4N3O3. The second kappa shape index (κ2) is 12.3. The molecule has 2 heterocycles. The molecule has 3 aromatic rings. The fourth-order valence-electron chi connectivity index (χ4n) is 5.85. The van der Waals surface area contributed by atoms with Crippen molar-refractivity contribution in [2.24, 2.45) is 0 Å². The number of nitrogens with one attached hydrogen (secondary N) is 2. The Labute approximate surface area is 256 Å². The van der Waals surface area contributed by atoms with Crippen molar-refractivity contribution in [3.63, 3.8) is 0 Å². The van der Waals surface area contributed by atoms with Gasteiger partial charge in [0.15, 0.2) is 0 Å². The standard InChI is InChI=1S/C31H29Cl2F4N3O3/c1-18(40-11-9-30(10-12-40)24-16-22(34)6-8-27(24)39-29(42)43-30)13-23(20-5-7-25(32)26(33)15-20)28(41)38-17-19-3-2-4-21(14-19)31(35,36)37/h2-8,14-16,18,23H,9-13,17H2,1H3,(H,38,41)(H,39,42). The van der Waals surface area contributed by atoms with E-state index in [0.29, 0.717) is 59.8 Å². The molecule has 0 bridgehead atoms. The zero-order chi connectivity index (χ0) is 30.9. The Kier molecular flexibility index (Phi) is 8.92. The summed E-state index contributed by atoms with van der Waals surface area (Å²) in [6.07, 6.45) is -3.85. The van der Waals surface area contributed by atoms with Crippen LogP contribution in [0.25, 0.3) is 0 Å². The van der Waals surface area contributed by atoms with E-state index in [1.54, 1.807) is 18.2 Å². The average Bonchev–Trinajstić information content (AvgIpc) is 2.96. The zero-order valence-corrected chi connectivity index (χ0v) is 24.6. The molecule has 228 valence electrons. The lowest BCUT2D eigenvalue weighted by atomic mass is 9.81. The molecule has 2 unspecified atom stereocenters. The average molecular weight is 638 g/mol. The first-order chi connectivity index (χ1) is 20.3. The number of likely N-dealkylation sites (tertiary alicyclic amines) is 1. The van der Waals surface area contributed by atoms with Crippen molar-refractivity contribution in [3.8, 4) is 0 Å². The predicted octanol–water partition coefficient (Wildman–Crippen LogP) is 7.88. The lowest BCUT2D eigenvalue weighted by molar-refractivity contribution is -0.137. The van der Waals surface area contributed by atoms with Gasteiger partial charge >= 0.3 is 12.3 Å². The number of piperidine rings is 1. The van der Waals surface area contributed by atoms with Crippen LogP contribution in [0.4, 0.5) is 28.0 Å². The SMILES string of the molecule is CC(CC(C(=O)NCc1cccc(C(F)(F)F)c1)c1ccc(Cl)c(Cl)c1)N1CCC2(CC1)OC(=O)Nc1ccc(F)cc12. The van der Waals surface area contributed by atoms with Crippen LogP contribution in [0.1, 0.15) is 54.4 Å². The number of amides is 2. The molecule has 0 saturated carbocycles. The van der Waals surface area contributed by atoms with Crippen molar-refractivity contribution >= 4 is 40.9 Å². The summed E-state index contributed by atoms with van der Waals surface area (Å²) in [6, 6.07) is 13.8. The number of carbonyl (C=O) groups is 2. The van der Waals surface area contributed by atoms with Gasteiger partial charge in [-0.1, -0.05) is 41.4 Å². The number of carbonyl (C=O) groups excluding carboxylic acids is 2. The van der Waals surface area contributed by atoms with Gasteiger partial charge in [0.1, 0.15) is 11.4 Å². The fourth-order valence-corrected chi connectivity index (χ4v) is 6.16. The Morgan fingerprint density at radius 3 is 2.51 bits per heavy atom. The van der Waals surface area contributed by atoms with Crippen molar-refractivity contribution in [2.45, 2.75) is 56.5 Å². The van der Waals surface area contributed by atoms with E-state index in [1.807, 2.05) is 6.92 Å². The lowest BCUT2D eigenvalue weighted by Crippen LogP contribution is -2.50. The number of benzene rings is 3. The molecule has 2 atom stereocenters. The summed E-state index contributed by atoms with van der Waals surface area (Å²) in [5.74, 6) is -1.47. The monoisotopic (exact) mass is 637 g/mol. The van der Waals surface area contributed by atoms with Gasteiger partial charge in [-0.3, -0.25) is 10.1 Å². The van der Waals surface area contributed by atoms with Crippen LogP contribution in [-0.4, -0.2) is 36.0 Å². The van der Waals surface area contributed by atoms with Gasteiger partial charge in [-0.15, -0.1) is 0 Å². The number of anilines is 1. The predicted molar refractivity (Wildman–Crippen MR) is 156 cm³/mol. The third-order valence-electron chi connectivity index (χ3n) is 8.19. The van der Waals surface area contributed by atoms with Crippen LogP contribution < -0.4 is 10.6 Å². The second-order valence-corrected chi connectivity index (χ2v) is 11.8. The minimum absolute atomic E-state index is 0.0867. The molecule has 2 aliphatic rings. The Bertz CT molecular complexity index is 1530. The first kappa shape index (κ1) is 31.1. The summed E-state index contributed by atoms with van der Waals surface area (Å²) in [5, 5.41) is 6.02. The first-order valence-corrected chi connectivity index (χ1v) is 14.5. The number of ether oxygens (including phenoxy) is 1. The molecule has 2 aliphatic heterocycles. The molecule has 1 fully saturated rings. The van der Waals surface area contributed by atoms with E-state index >= 15 is 0 Å². The van der Waals surface area contributed by atoms with E-state index in [-0.39, 0.29) is 23.5 Å². The molecule has 0 aromatic heterocycles. The van der Waals surface area contributed by atoms with Crippen molar-refractivity contribution in [1.29, 1.82) is 0 Å². The van der Waals surface area contributed by atoms with Gasteiger partial charge in [0.2, 0.25) is 5.91 Å². The Balaban J connectivity index is 1.31. The van der Waals surface area contributed by atoms with Crippen LogP contribution in [-0.2, 0) is 27.9 Å². The molecule has 6 nitrogen and oxygen atoms in total. The van der Waals surface area contributed by atoms with Gasteiger partial charge in [-0.2, -0.15) is 13.2 Å². The third-order valence-corrected chi connectivity index (χ3v) is 8.93. The quantitative estimate of drug-likeness (QED) is 0.259. The van der Waals surface area contributed by atoms with Gasteiger partial charge in [0, 0.05) is 44.1 Å². The Hall–Kier alpha value is -3.34. The first-order valence-electron chi connectivity index (χ1n) is 13.8. The van der Waals surface area contributed by atoms with Gasteiger partial charge in [0.25, 0.3) is 0 Å². The summed E-state index contributed by atoms with van der Waals surface area (Å²) in [7, 11) is 0. The van der Waals surface area contributed by atoms with Crippen molar-refractivity contribution in [1.82, 2.24) is 10.2 Å². The molecule has 12 heteroatoms. The highest BCUT2D eigenvalue weighted by Gasteiger charge is 2.45. The molecule has 3 aromatic carbocycles. The largest absolute Gasteiger partial charge is 0.438 e. The Morgan fingerprint density at radius 1 is 1.07 bits per heavy atom. The lowest BCUT2D eigenvalue weighted by Gasteiger charge is -2.46. The van der Waals surface area contributed by atoms with Crippen LogP contribution in [0.3, 0.4) is 0 Å². The van der Waals surface area contributed by atoms with E-state index in [1.165, 1.54) is 30.3 Å². The van der Waals surface area contributed by atoms with Crippen molar-refractivity contribution < 1.29 is 31.9 Å². The maximum atomic E-state index is 14.1. The maximum Gasteiger partial charge on any atom is 0.416 e. The summed E-state index contributed by atoms with van der Waals surface area (Å²) >= 11 is 12.4. The van der Waals surface area contributed by atoms with Crippen molar-refractivity contribution in [2.75, 3.05) is 18.4 Å². The third kappa shape index (κ3) is 6.92. The van der Waals surface area contributed by atoms with Gasteiger partial charge < -0.3 is 15.0 Å². The number of hydrogen-bond donors (Lipinski definition) is 2. The normalized spacial score (nSPS) is 17.9. The highest BCUT2D eigenvalue weighted by molar-refractivity contribution is 6.42. The zero-order valence-electron chi connectivity index (χ0n) is 23.1. The smallest absolute Gasteiger partial charge is 0.416 e. The fraction of sp³-hybridized carbons (Fsp3) is 0.355. The number of alkyl halides is 3. The molecule has 0 radical (unpaired) electrons. The molecule has 1 saturated heterocycles. The van der Waals surface area contributed by atoms with Crippen LogP contribution in [0.15, 0.2) is 60.7 Å². The highest BCUT2D eigenvalue weighted by atomic mass is 35.5. The van der Waals surface area contributed by atoms with E-state index in [4.69, 9.17) is 27.9 Å². The van der Waals surface area contributed by atoms with Gasteiger partial charge in [-0.25, -0.2) is 9.18 Å². The molecule has 43 heavy (non-hydrogen) atoms. The summed E-state index contributed by atoms with van der Waals surface area (Å²) in [5.41, 5.74) is 0.313.